The molecular formula is C18H15N5O2S. The van der Waals surface area contributed by atoms with E-state index in [9.17, 15) is 9.90 Å². The fourth-order valence-corrected chi connectivity index (χ4v) is 4.04. The van der Waals surface area contributed by atoms with Gasteiger partial charge in [0.25, 0.3) is 5.91 Å². The van der Waals surface area contributed by atoms with E-state index < -0.39 is 5.54 Å². The van der Waals surface area contributed by atoms with Gasteiger partial charge < -0.3 is 10.4 Å². The summed E-state index contributed by atoms with van der Waals surface area (Å²) in [6.07, 6.45) is 3.25. The van der Waals surface area contributed by atoms with Crippen molar-refractivity contribution in [1.29, 1.82) is 0 Å². The number of rotatable bonds is 4. The molecule has 8 heteroatoms. The minimum Gasteiger partial charge on any atom is -0.508 e. The highest BCUT2D eigenvalue weighted by atomic mass is 32.1. The number of phenolic OH excluding ortho intramolecular Hbond substituents is 1. The smallest absolute Gasteiger partial charge is 0.251 e. The first-order valence-electron chi connectivity index (χ1n) is 8.24. The van der Waals surface area contributed by atoms with Gasteiger partial charge in [0, 0.05) is 17.1 Å². The molecule has 0 saturated heterocycles. The van der Waals surface area contributed by atoms with Gasteiger partial charge in [-0.05, 0) is 37.1 Å². The number of carbonyl (C=O) groups is 1. The molecule has 4 N–H and O–H groups in total. The van der Waals surface area contributed by atoms with E-state index in [1.54, 1.807) is 24.4 Å². The van der Waals surface area contributed by atoms with E-state index in [4.69, 9.17) is 0 Å². The maximum atomic E-state index is 12.8. The monoisotopic (exact) mass is 365 g/mol. The summed E-state index contributed by atoms with van der Waals surface area (Å²) in [7, 11) is 0. The van der Waals surface area contributed by atoms with Crippen LogP contribution in [-0.2, 0) is 4.79 Å². The lowest BCUT2D eigenvalue weighted by molar-refractivity contribution is -0.117. The average molecular weight is 365 g/mol. The first kappa shape index (κ1) is 15.2. The fourth-order valence-electron chi connectivity index (χ4n) is 3.07. The van der Waals surface area contributed by atoms with Crippen LogP contribution in [0.15, 0.2) is 42.6 Å². The third-order valence-electron chi connectivity index (χ3n) is 4.61. The molecule has 2 heterocycles. The molecule has 1 fully saturated rings. The summed E-state index contributed by atoms with van der Waals surface area (Å²) in [5, 5.41) is 24.3. The third-order valence-corrected chi connectivity index (χ3v) is 5.63. The molecule has 0 atom stereocenters. The number of H-pyrrole nitrogens is 1. The molecule has 2 aromatic carbocycles. The predicted octanol–water partition coefficient (Wildman–Crippen LogP) is 3.46. The maximum absolute atomic E-state index is 12.8. The number of benzene rings is 2. The Kier molecular flexibility index (Phi) is 3.17. The van der Waals surface area contributed by atoms with Crippen LogP contribution < -0.4 is 10.6 Å². The van der Waals surface area contributed by atoms with Gasteiger partial charge in [-0.15, -0.1) is 0 Å². The van der Waals surface area contributed by atoms with Crippen LogP contribution in [0.2, 0.25) is 0 Å². The van der Waals surface area contributed by atoms with E-state index in [-0.39, 0.29) is 11.7 Å². The van der Waals surface area contributed by atoms with Crippen molar-refractivity contribution in [3.05, 3.63) is 42.6 Å². The minimum atomic E-state index is -0.642. The van der Waals surface area contributed by atoms with E-state index in [0.717, 1.165) is 39.6 Å². The average Bonchev–Trinajstić information content (AvgIpc) is 3.05. The Morgan fingerprint density at radius 3 is 2.96 bits per heavy atom. The summed E-state index contributed by atoms with van der Waals surface area (Å²) in [5.74, 6) is 0.0600. The molecule has 7 nitrogen and oxygen atoms in total. The molecule has 0 radical (unpaired) electrons. The van der Waals surface area contributed by atoms with Crippen LogP contribution in [0.1, 0.15) is 12.8 Å². The van der Waals surface area contributed by atoms with Crippen LogP contribution in [0, 0.1) is 0 Å². The Bertz CT molecular complexity index is 1140. The van der Waals surface area contributed by atoms with E-state index in [2.05, 4.69) is 25.8 Å². The van der Waals surface area contributed by atoms with Crippen LogP contribution in [0.25, 0.3) is 21.1 Å². The summed E-state index contributed by atoms with van der Waals surface area (Å²) in [4.78, 5) is 17.3. The molecule has 2 aromatic heterocycles. The fraction of sp³-hybridized carbons (Fsp3) is 0.167. The van der Waals surface area contributed by atoms with Gasteiger partial charge in [-0.25, -0.2) is 4.98 Å². The van der Waals surface area contributed by atoms with Gasteiger partial charge in [0.1, 0.15) is 11.3 Å². The van der Waals surface area contributed by atoms with Gasteiger partial charge in [-0.2, -0.15) is 5.10 Å². The van der Waals surface area contributed by atoms with Crippen molar-refractivity contribution in [3.63, 3.8) is 0 Å². The number of carbonyl (C=O) groups excluding carboxylic acids is 1. The Labute approximate surface area is 152 Å². The molecule has 1 amide bonds. The van der Waals surface area contributed by atoms with Gasteiger partial charge in [0.15, 0.2) is 5.13 Å². The molecule has 26 heavy (non-hydrogen) atoms. The highest BCUT2D eigenvalue weighted by Gasteiger charge is 2.50. The van der Waals surface area contributed by atoms with Crippen molar-refractivity contribution in [3.8, 4) is 5.75 Å². The van der Waals surface area contributed by atoms with Gasteiger partial charge >= 0.3 is 0 Å². The van der Waals surface area contributed by atoms with E-state index in [0.29, 0.717) is 5.13 Å². The molecule has 4 aromatic rings. The van der Waals surface area contributed by atoms with E-state index in [1.807, 2.05) is 18.2 Å². The third kappa shape index (κ3) is 2.46. The summed E-state index contributed by atoms with van der Waals surface area (Å²) in [6, 6.07) is 10.6. The zero-order chi connectivity index (χ0) is 17.7. The molecule has 1 saturated carbocycles. The number of hydrogen-bond donors (Lipinski definition) is 4. The van der Waals surface area contributed by atoms with Gasteiger partial charge in [-0.1, -0.05) is 17.4 Å². The van der Waals surface area contributed by atoms with Crippen molar-refractivity contribution in [2.75, 3.05) is 10.6 Å². The molecule has 1 aliphatic carbocycles. The lowest BCUT2D eigenvalue weighted by Gasteiger charge is -2.17. The van der Waals surface area contributed by atoms with Crippen molar-refractivity contribution in [2.45, 2.75) is 18.4 Å². The summed E-state index contributed by atoms with van der Waals surface area (Å²) in [5.41, 5.74) is 1.87. The molecule has 5 rings (SSSR count). The summed E-state index contributed by atoms with van der Waals surface area (Å²) in [6.45, 7) is 0. The topological polar surface area (TPSA) is 103 Å². The number of aromatic amines is 1. The highest BCUT2D eigenvalue weighted by Crippen LogP contribution is 2.41. The Hall–Kier alpha value is -3.13. The van der Waals surface area contributed by atoms with Gasteiger partial charge in [0.05, 0.1) is 21.9 Å². The van der Waals surface area contributed by atoms with Crippen LogP contribution in [0.3, 0.4) is 0 Å². The second-order valence-electron chi connectivity index (χ2n) is 6.48. The van der Waals surface area contributed by atoms with Crippen molar-refractivity contribution in [2.24, 2.45) is 0 Å². The standard InChI is InChI=1S/C18H15N5O2S/c24-11-3-1-2-10(8-11)22-18(6-7-18)16(25)21-17-20-14-5-4-13-12(9-19-23-13)15(14)26-17/h1-5,8-9,22,24H,6-7H2,(H,19,23)(H,20,21,25). The Balaban J connectivity index is 1.40. The van der Waals surface area contributed by atoms with Gasteiger partial charge in [0.2, 0.25) is 0 Å². The normalized spacial score (nSPS) is 15.2. The molecule has 0 bridgehead atoms. The van der Waals surface area contributed by atoms with E-state index in [1.165, 1.54) is 11.3 Å². The molecule has 0 spiro atoms. The Morgan fingerprint density at radius 2 is 2.15 bits per heavy atom. The molecule has 0 unspecified atom stereocenters. The lowest BCUT2D eigenvalue weighted by Crippen LogP contribution is -2.36. The number of thiazole rings is 1. The number of aromatic hydroxyl groups is 1. The van der Waals surface area contributed by atoms with Crippen LogP contribution >= 0.6 is 11.3 Å². The SMILES string of the molecule is O=C(Nc1nc2ccc3[nH]ncc3c2s1)C1(Nc2cccc(O)c2)CC1. The van der Waals surface area contributed by atoms with Crippen molar-refractivity contribution in [1.82, 2.24) is 15.2 Å². The van der Waals surface area contributed by atoms with Crippen LogP contribution in [0.4, 0.5) is 10.8 Å². The number of nitrogens with one attached hydrogen (secondary N) is 3. The first-order valence-corrected chi connectivity index (χ1v) is 9.06. The van der Waals surface area contributed by atoms with Crippen LogP contribution in [0.5, 0.6) is 5.75 Å². The predicted molar refractivity (Wildman–Crippen MR) is 102 cm³/mol. The minimum absolute atomic E-state index is 0.108. The highest BCUT2D eigenvalue weighted by molar-refractivity contribution is 7.23. The van der Waals surface area contributed by atoms with Gasteiger partial charge in [-0.3, -0.25) is 15.2 Å². The zero-order valence-corrected chi connectivity index (χ0v) is 14.4. The number of fused-ring (bicyclic) bond motifs is 3. The number of hydrogen-bond acceptors (Lipinski definition) is 6. The lowest BCUT2D eigenvalue weighted by atomic mass is 10.2. The quantitative estimate of drug-likeness (QED) is 0.443. The molecular weight excluding hydrogens is 350 g/mol. The van der Waals surface area contributed by atoms with Crippen molar-refractivity contribution >= 4 is 49.2 Å². The molecule has 1 aliphatic rings. The van der Waals surface area contributed by atoms with Crippen molar-refractivity contribution < 1.29 is 9.90 Å². The van der Waals surface area contributed by atoms with Crippen LogP contribution in [-0.4, -0.2) is 31.7 Å². The molecule has 130 valence electrons. The number of anilines is 2. The zero-order valence-electron chi connectivity index (χ0n) is 13.6. The summed E-state index contributed by atoms with van der Waals surface area (Å²) < 4.78 is 0.998. The largest absolute Gasteiger partial charge is 0.508 e. The second-order valence-corrected chi connectivity index (χ2v) is 7.47. The number of nitrogens with zero attached hydrogens (tertiary/aromatic N) is 2. The summed E-state index contributed by atoms with van der Waals surface area (Å²) >= 11 is 1.44. The second kappa shape index (κ2) is 5.43. The number of amides is 1. The number of aromatic nitrogens is 3. The Morgan fingerprint density at radius 1 is 1.27 bits per heavy atom. The van der Waals surface area contributed by atoms with E-state index >= 15 is 0 Å². The maximum Gasteiger partial charge on any atom is 0.251 e. The first-order chi connectivity index (χ1) is 12.6. The number of phenols is 1. The molecule has 0 aliphatic heterocycles.